The van der Waals surface area contributed by atoms with Crippen LogP contribution in [-0.2, 0) is 4.79 Å². The van der Waals surface area contributed by atoms with Crippen LogP contribution in [0.15, 0.2) is 47.1 Å². The first-order valence-corrected chi connectivity index (χ1v) is 9.48. The van der Waals surface area contributed by atoms with Gasteiger partial charge in [0.1, 0.15) is 5.76 Å². The normalized spacial score (nSPS) is 14.9. The van der Waals surface area contributed by atoms with Gasteiger partial charge in [0.05, 0.1) is 26.0 Å². The molecule has 1 amide bonds. The number of benzene rings is 1. The van der Waals surface area contributed by atoms with Crippen molar-refractivity contribution in [3.8, 4) is 11.5 Å². The first kappa shape index (κ1) is 19.1. The van der Waals surface area contributed by atoms with Crippen LogP contribution in [-0.4, -0.2) is 30.6 Å². The summed E-state index contributed by atoms with van der Waals surface area (Å²) in [6, 6.07) is 9.66. The Morgan fingerprint density at radius 3 is 2.78 bits per heavy atom. The van der Waals surface area contributed by atoms with Gasteiger partial charge in [0, 0.05) is 12.1 Å². The van der Waals surface area contributed by atoms with Gasteiger partial charge in [-0.3, -0.25) is 4.79 Å². The Hall–Kier alpha value is -2.69. The van der Waals surface area contributed by atoms with Crippen molar-refractivity contribution in [3.05, 3.63) is 54.0 Å². The molecular weight excluding hydrogens is 342 g/mol. The number of carbonyl (C=O) groups excluding carboxylic acids is 1. The van der Waals surface area contributed by atoms with Gasteiger partial charge in [0.2, 0.25) is 5.91 Å². The Morgan fingerprint density at radius 2 is 2.15 bits per heavy atom. The standard InChI is InChI=1S/C22H27NO4/c1-4-13-26-20-11-7-17(15-21(20)25-3)8-12-22(24)23(18-9-10-18)16(2)19-6-5-14-27-19/h5-8,11-12,14-16,18H,4,9-10,13H2,1-3H3/b12-8+. The molecule has 0 aliphatic heterocycles. The van der Waals surface area contributed by atoms with Crippen molar-refractivity contribution in [1.29, 1.82) is 0 Å². The highest BCUT2D eigenvalue weighted by atomic mass is 16.5. The van der Waals surface area contributed by atoms with Crippen LogP contribution in [0.25, 0.3) is 6.08 Å². The van der Waals surface area contributed by atoms with Crippen LogP contribution in [0.3, 0.4) is 0 Å². The lowest BCUT2D eigenvalue weighted by molar-refractivity contribution is -0.129. The molecule has 27 heavy (non-hydrogen) atoms. The van der Waals surface area contributed by atoms with E-state index in [9.17, 15) is 4.79 Å². The third kappa shape index (κ3) is 4.73. The van der Waals surface area contributed by atoms with Gasteiger partial charge in [-0.05, 0) is 62.1 Å². The molecule has 2 aromatic rings. The summed E-state index contributed by atoms with van der Waals surface area (Å²) in [5.74, 6) is 2.18. The average Bonchev–Trinajstić information content (AvgIpc) is 3.35. The van der Waals surface area contributed by atoms with E-state index in [2.05, 4.69) is 6.92 Å². The van der Waals surface area contributed by atoms with E-state index in [1.807, 2.05) is 48.2 Å². The first-order valence-electron chi connectivity index (χ1n) is 9.48. The fourth-order valence-electron chi connectivity index (χ4n) is 3.08. The molecule has 1 aromatic carbocycles. The summed E-state index contributed by atoms with van der Waals surface area (Å²) < 4.78 is 16.6. The van der Waals surface area contributed by atoms with E-state index in [0.717, 1.165) is 30.6 Å². The van der Waals surface area contributed by atoms with Crippen molar-refractivity contribution in [2.24, 2.45) is 0 Å². The fourth-order valence-corrected chi connectivity index (χ4v) is 3.08. The summed E-state index contributed by atoms with van der Waals surface area (Å²) in [6.45, 7) is 4.71. The maximum Gasteiger partial charge on any atom is 0.247 e. The third-order valence-electron chi connectivity index (χ3n) is 4.63. The van der Waals surface area contributed by atoms with Crippen molar-refractivity contribution < 1.29 is 18.7 Å². The third-order valence-corrected chi connectivity index (χ3v) is 4.63. The molecule has 1 aliphatic carbocycles. The molecule has 1 heterocycles. The van der Waals surface area contributed by atoms with Crippen molar-refractivity contribution in [2.75, 3.05) is 13.7 Å². The van der Waals surface area contributed by atoms with Crippen molar-refractivity contribution in [1.82, 2.24) is 4.90 Å². The van der Waals surface area contributed by atoms with E-state index < -0.39 is 0 Å². The SMILES string of the molecule is CCCOc1ccc(/C=C/C(=O)N(C2CC2)C(C)c2ccco2)cc1OC. The van der Waals surface area contributed by atoms with Gasteiger partial charge in [-0.1, -0.05) is 13.0 Å². The molecule has 1 unspecified atom stereocenters. The molecule has 0 spiro atoms. The molecular formula is C22H27NO4. The minimum atomic E-state index is -0.0796. The number of hydrogen-bond donors (Lipinski definition) is 0. The van der Waals surface area contributed by atoms with E-state index in [4.69, 9.17) is 13.9 Å². The van der Waals surface area contributed by atoms with Crippen LogP contribution in [0.5, 0.6) is 11.5 Å². The molecule has 1 atom stereocenters. The van der Waals surface area contributed by atoms with E-state index >= 15 is 0 Å². The van der Waals surface area contributed by atoms with Gasteiger partial charge in [-0.2, -0.15) is 0 Å². The van der Waals surface area contributed by atoms with Crippen LogP contribution >= 0.6 is 0 Å². The molecule has 0 radical (unpaired) electrons. The van der Waals surface area contributed by atoms with Crippen LogP contribution < -0.4 is 9.47 Å². The Bertz CT molecular complexity index is 778. The van der Waals surface area contributed by atoms with Crippen LogP contribution in [0.1, 0.15) is 50.5 Å². The second kappa shape index (κ2) is 8.80. The summed E-state index contributed by atoms with van der Waals surface area (Å²) in [4.78, 5) is 14.7. The van der Waals surface area contributed by atoms with Gasteiger partial charge >= 0.3 is 0 Å². The minimum absolute atomic E-state index is 0.00771. The molecule has 0 N–H and O–H groups in total. The lowest BCUT2D eigenvalue weighted by atomic mass is 10.1. The average molecular weight is 369 g/mol. The number of carbonyl (C=O) groups is 1. The fraction of sp³-hybridized carbons (Fsp3) is 0.409. The molecule has 144 valence electrons. The zero-order chi connectivity index (χ0) is 19.2. The first-order chi connectivity index (χ1) is 13.1. The molecule has 0 saturated heterocycles. The van der Waals surface area contributed by atoms with E-state index in [-0.39, 0.29) is 11.9 Å². The van der Waals surface area contributed by atoms with Gasteiger partial charge < -0.3 is 18.8 Å². The van der Waals surface area contributed by atoms with Crippen molar-refractivity contribution in [2.45, 2.75) is 45.2 Å². The Balaban J connectivity index is 1.73. The monoisotopic (exact) mass is 369 g/mol. The maximum atomic E-state index is 12.8. The van der Waals surface area contributed by atoms with Crippen molar-refractivity contribution in [3.63, 3.8) is 0 Å². The molecule has 1 saturated carbocycles. The Morgan fingerprint density at radius 1 is 1.33 bits per heavy atom. The van der Waals surface area contributed by atoms with E-state index in [1.165, 1.54) is 0 Å². The summed E-state index contributed by atoms with van der Waals surface area (Å²) >= 11 is 0. The number of amides is 1. The predicted molar refractivity (Wildman–Crippen MR) is 105 cm³/mol. The van der Waals surface area contributed by atoms with Gasteiger partial charge in [0.25, 0.3) is 0 Å². The largest absolute Gasteiger partial charge is 0.493 e. The lowest BCUT2D eigenvalue weighted by Crippen LogP contribution is -2.34. The van der Waals surface area contributed by atoms with Crippen molar-refractivity contribution >= 4 is 12.0 Å². The topological polar surface area (TPSA) is 51.9 Å². The summed E-state index contributed by atoms with van der Waals surface area (Å²) in [6.07, 6.45) is 8.11. The number of rotatable bonds is 9. The molecule has 3 rings (SSSR count). The zero-order valence-corrected chi connectivity index (χ0v) is 16.2. The number of methoxy groups -OCH3 is 1. The highest BCUT2D eigenvalue weighted by Gasteiger charge is 2.36. The van der Waals surface area contributed by atoms with E-state index in [0.29, 0.717) is 24.1 Å². The Labute approximate surface area is 160 Å². The van der Waals surface area contributed by atoms with Crippen LogP contribution in [0, 0.1) is 0 Å². The van der Waals surface area contributed by atoms with Gasteiger partial charge in [-0.15, -0.1) is 0 Å². The highest BCUT2D eigenvalue weighted by Crippen LogP contribution is 2.35. The maximum absolute atomic E-state index is 12.8. The number of ether oxygens (including phenoxy) is 2. The minimum Gasteiger partial charge on any atom is -0.493 e. The van der Waals surface area contributed by atoms with Crippen LogP contribution in [0.2, 0.25) is 0 Å². The Kier molecular flexibility index (Phi) is 6.22. The zero-order valence-electron chi connectivity index (χ0n) is 16.2. The van der Waals surface area contributed by atoms with Crippen LogP contribution in [0.4, 0.5) is 0 Å². The second-order valence-electron chi connectivity index (χ2n) is 6.76. The molecule has 5 nitrogen and oxygen atoms in total. The van der Waals surface area contributed by atoms with Gasteiger partial charge in [-0.25, -0.2) is 0 Å². The summed E-state index contributed by atoms with van der Waals surface area (Å²) in [7, 11) is 1.62. The van der Waals surface area contributed by atoms with Gasteiger partial charge in [0.15, 0.2) is 11.5 Å². The highest BCUT2D eigenvalue weighted by molar-refractivity contribution is 5.92. The molecule has 0 bridgehead atoms. The number of furan rings is 1. The summed E-state index contributed by atoms with van der Waals surface area (Å²) in [5.41, 5.74) is 0.894. The predicted octanol–water partition coefficient (Wildman–Crippen LogP) is 4.84. The molecule has 1 fully saturated rings. The molecule has 5 heteroatoms. The second-order valence-corrected chi connectivity index (χ2v) is 6.76. The smallest absolute Gasteiger partial charge is 0.247 e. The lowest BCUT2D eigenvalue weighted by Gasteiger charge is -2.26. The quantitative estimate of drug-likeness (QED) is 0.593. The number of hydrogen-bond acceptors (Lipinski definition) is 4. The molecule has 1 aromatic heterocycles. The number of nitrogens with zero attached hydrogens (tertiary/aromatic N) is 1. The summed E-state index contributed by atoms with van der Waals surface area (Å²) in [5, 5.41) is 0. The van der Waals surface area contributed by atoms with E-state index in [1.54, 1.807) is 19.4 Å². The molecule has 1 aliphatic rings.